The van der Waals surface area contributed by atoms with Crippen molar-refractivity contribution in [2.45, 2.75) is 26.4 Å². The van der Waals surface area contributed by atoms with Gasteiger partial charge in [-0.05, 0) is 18.1 Å². The zero-order valence-electron chi connectivity index (χ0n) is 15.2. The number of hydrogen-bond acceptors (Lipinski definition) is 3. The van der Waals surface area contributed by atoms with Crippen molar-refractivity contribution in [3.8, 4) is 0 Å². The zero-order chi connectivity index (χ0) is 18.8. The molecule has 0 saturated carbocycles. The summed E-state index contributed by atoms with van der Waals surface area (Å²) in [5.41, 5.74) is 1.05. The molecule has 0 aliphatic rings. The van der Waals surface area contributed by atoms with Gasteiger partial charge in [0.15, 0.2) is 0 Å². The largest absolute Gasteiger partial charge is 0.347 e. The van der Waals surface area contributed by atoms with Crippen molar-refractivity contribution in [3.63, 3.8) is 0 Å². The van der Waals surface area contributed by atoms with E-state index in [9.17, 15) is 14.4 Å². The lowest BCUT2D eigenvalue weighted by Crippen LogP contribution is -2.37. The second-order valence-electron chi connectivity index (χ2n) is 6.29. The molecule has 3 aromatic rings. The van der Waals surface area contributed by atoms with Crippen molar-refractivity contribution in [3.05, 3.63) is 68.5 Å². The molecule has 1 aromatic carbocycles. The van der Waals surface area contributed by atoms with E-state index in [1.807, 2.05) is 37.3 Å². The maximum absolute atomic E-state index is 12.7. The highest BCUT2D eigenvalue weighted by Gasteiger charge is 2.20. The summed E-state index contributed by atoms with van der Waals surface area (Å²) in [6.45, 7) is 2.92. The van der Waals surface area contributed by atoms with E-state index in [-0.39, 0.29) is 5.91 Å². The molecule has 0 spiro atoms. The molecule has 0 saturated heterocycles. The fourth-order valence-corrected chi connectivity index (χ4v) is 3.15. The molecule has 0 radical (unpaired) electrons. The van der Waals surface area contributed by atoms with Crippen LogP contribution in [0, 0.1) is 0 Å². The van der Waals surface area contributed by atoms with Gasteiger partial charge in [-0.1, -0.05) is 37.3 Å². The molecule has 0 unspecified atom stereocenters. The van der Waals surface area contributed by atoms with Crippen molar-refractivity contribution in [2.24, 2.45) is 14.1 Å². The zero-order valence-corrected chi connectivity index (χ0v) is 15.2. The molecule has 2 heterocycles. The second-order valence-corrected chi connectivity index (χ2v) is 6.29. The summed E-state index contributed by atoms with van der Waals surface area (Å²) in [4.78, 5) is 37.5. The van der Waals surface area contributed by atoms with E-state index in [0.717, 1.165) is 16.6 Å². The summed E-state index contributed by atoms with van der Waals surface area (Å²) in [6.07, 6.45) is 0.770. The minimum Gasteiger partial charge on any atom is -0.347 e. The Bertz CT molecular complexity index is 1070. The van der Waals surface area contributed by atoms with Crippen LogP contribution >= 0.6 is 0 Å². The highest BCUT2D eigenvalue weighted by Crippen LogP contribution is 2.16. The highest BCUT2D eigenvalue weighted by molar-refractivity contribution is 5.97. The van der Waals surface area contributed by atoms with Gasteiger partial charge in [0.25, 0.3) is 11.5 Å². The van der Waals surface area contributed by atoms with Crippen LogP contribution in [0.5, 0.6) is 0 Å². The predicted molar refractivity (Wildman–Crippen MR) is 100 cm³/mol. The lowest BCUT2D eigenvalue weighted by molar-refractivity contribution is 0.0942. The molecular weight excluding hydrogens is 332 g/mol. The Morgan fingerprint density at radius 1 is 1.08 bits per heavy atom. The van der Waals surface area contributed by atoms with Gasteiger partial charge >= 0.3 is 5.69 Å². The van der Waals surface area contributed by atoms with Crippen LogP contribution < -0.4 is 16.6 Å². The number of amides is 1. The summed E-state index contributed by atoms with van der Waals surface area (Å²) in [5.74, 6) is -0.270. The number of benzene rings is 1. The van der Waals surface area contributed by atoms with Crippen molar-refractivity contribution in [1.29, 1.82) is 0 Å². The molecule has 2 aromatic heterocycles. The van der Waals surface area contributed by atoms with E-state index in [1.54, 1.807) is 17.7 Å². The first-order valence-electron chi connectivity index (χ1n) is 8.57. The third kappa shape index (κ3) is 2.96. The Hall–Kier alpha value is -3.09. The Kier molecular flexibility index (Phi) is 4.79. The van der Waals surface area contributed by atoms with Crippen LogP contribution in [0.15, 0.2) is 46.0 Å². The predicted octanol–water partition coefficient (Wildman–Crippen LogP) is 1.38. The third-order valence-corrected chi connectivity index (χ3v) is 4.47. The van der Waals surface area contributed by atoms with Gasteiger partial charge in [-0.2, -0.15) is 0 Å². The molecule has 1 amide bonds. The average Bonchev–Trinajstić information content (AvgIpc) is 3.03. The molecule has 0 aliphatic carbocycles. The third-order valence-electron chi connectivity index (χ3n) is 4.47. The van der Waals surface area contributed by atoms with Gasteiger partial charge in [-0.15, -0.1) is 0 Å². The van der Waals surface area contributed by atoms with Gasteiger partial charge in [-0.3, -0.25) is 18.7 Å². The van der Waals surface area contributed by atoms with Crippen molar-refractivity contribution in [2.75, 3.05) is 0 Å². The summed E-state index contributed by atoms with van der Waals surface area (Å²) in [5, 5.41) is 3.26. The average molecular weight is 354 g/mol. The maximum atomic E-state index is 12.7. The first-order valence-corrected chi connectivity index (χ1v) is 8.57. The molecule has 3 rings (SSSR count). The number of fused-ring (bicyclic) bond motifs is 1. The molecule has 26 heavy (non-hydrogen) atoms. The molecule has 7 nitrogen and oxygen atoms in total. The monoisotopic (exact) mass is 354 g/mol. The van der Waals surface area contributed by atoms with Gasteiger partial charge in [0, 0.05) is 27.2 Å². The Morgan fingerprint density at radius 2 is 1.77 bits per heavy atom. The van der Waals surface area contributed by atoms with Gasteiger partial charge in [0.1, 0.15) is 11.3 Å². The number of aryl methyl sites for hydroxylation is 2. The Labute approximate surface area is 150 Å². The van der Waals surface area contributed by atoms with Crippen LogP contribution in [-0.2, 0) is 27.2 Å². The van der Waals surface area contributed by atoms with Crippen molar-refractivity contribution >= 4 is 16.9 Å². The number of carbonyl (C=O) groups excluding carboxylic acids is 1. The molecular formula is C19H22N4O3. The summed E-state index contributed by atoms with van der Waals surface area (Å²) in [7, 11) is 3.05. The van der Waals surface area contributed by atoms with Crippen LogP contribution in [-0.4, -0.2) is 19.6 Å². The lowest BCUT2D eigenvalue weighted by atomic mass is 10.2. The summed E-state index contributed by atoms with van der Waals surface area (Å²) >= 11 is 0. The van der Waals surface area contributed by atoms with Crippen molar-refractivity contribution in [1.82, 2.24) is 19.0 Å². The normalized spacial score (nSPS) is 11.0. The van der Waals surface area contributed by atoms with Gasteiger partial charge in [-0.25, -0.2) is 4.79 Å². The molecule has 1 N–H and O–H groups in total. The molecule has 0 fully saturated rings. The van der Waals surface area contributed by atoms with Crippen LogP contribution in [0.2, 0.25) is 0 Å². The van der Waals surface area contributed by atoms with Crippen LogP contribution in [0.3, 0.4) is 0 Å². The fourth-order valence-electron chi connectivity index (χ4n) is 3.15. The number of nitrogens with zero attached hydrogens (tertiary/aromatic N) is 3. The minimum absolute atomic E-state index is 0.270. The van der Waals surface area contributed by atoms with Gasteiger partial charge < -0.3 is 9.88 Å². The molecule has 136 valence electrons. The van der Waals surface area contributed by atoms with E-state index in [0.29, 0.717) is 29.8 Å². The quantitative estimate of drug-likeness (QED) is 0.752. The van der Waals surface area contributed by atoms with Crippen molar-refractivity contribution < 1.29 is 4.79 Å². The van der Waals surface area contributed by atoms with E-state index in [4.69, 9.17) is 0 Å². The molecule has 0 aliphatic heterocycles. The number of hydrogen-bond donors (Lipinski definition) is 1. The standard InChI is InChI=1S/C19H22N4O3/c1-4-10-23-15(16(24)20-12-13-8-6-5-7-9-13)11-14-17(23)21(2)19(26)22(3)18(14)25/h5-9,11H,4,10,12H2,1-3H3,(H,20,24). The van der Waals surface area contributed by atoms with E-state index in [2.05, 4.69) is 5.32 Å². The first-order chi connectivity index (χ1) is 12.5. The van der Waals surface area contributed by atoms with E-state index in [1.165, 1.54) is 11.6 Å². The minimum atomic E-state index is -0.408. The number of rotatable bonds is 5. The van der Waals surface area contributed by atoms with Crippen LogP contribution in [0.1, 0.15) is 29.4 Å². The van der Waals surface area contributed by atoms with E-state index >= 15 is 0 Å². The lowest BCUT2D eigenvalue weighted by Gasteiger charge is -2.12. The number of nitrogens with one attached hydrogen (secondary N) is 1. The molecule has 0 atom stereocenters. The summed E-state index contributed by atoms with van der Waals surface area (Å²) in [6, 6.07) is 11.2. The number of aromatic nitrogens is 3. The SMILES string of the molecule is CCCn1c(C(=O)NCc2ccccc2)cc2c(=O)n(C)c(=O)n(C)c21. The molecule has 7 heteroatoms. The Morgan fingerprint density at radius 3 is 2.42 bits per heavy atom. The maximum Gasteiger partial charge on any atom is 0.332 e. The van der Waals surface area contributed by atoms with Crippen LogP contribution in [0.25, 0.3) is 11.0 Å². The van der Waals surface area contributed by atoms with Gasteiger partial charge in [0.05, 0.1) is 5.39 Å². The second kappa shape index (κ2) is 7.03. The topological polar surface area (TPSA) is 78.0 Å². The number of carbonyl (C=O) groups is 1. The highest BCUT2D eigenvalue weighted by atomic mass is 16.2. The smallest absolute Gasteiger partial charge is 0.332 e. The van der Waals surface area contributed by atoms with Gasteiger partial charge in [0.2, 0.25) is 0 Å². The fraction of sp³-hybridized carbons (Fsp3) is 0.316. The summed E-state index contributed by atoms with van der Waals surface area (Å²) < 4.78 is 4.23. The Balaban J connectivity index is 2.07. The molecule has 0 bridgehead atoms. The van der Waals surface area contributed by atoms with E-state index < -0.39 is 11.2 Å². The first kappa shape index (κ1) is 17.7. The van der Waals surface area contributed by atoms with Crippen LogP contribution in [0.4, 0.5) is 0 Å².